The Morgan fingerprint density at radius 1 is 1.64 bits per heavy atom. The van der Waals surface area contributed by atoms with E-state index in [0.717, 1.165) is 6.33 Å². The fourth-order valence-corrected chi connectivity index (χ4v) is 1.11. The van der Waals surface area contributed by atoms with Gasteiger partial charge in [0.1, 0.15) is 12.1 Å². The summed E-state index contributed by atoms with van der Waals surface area (Å²) in [5.41, 5.74) is 0. The van der Waals surface area contributed by atoms with Crippen molar-refractivity contribution in [1.29, 1.82) is 0 Å². The molecular formula is C8H12FN3OS. The van der Waals surface area contributed by atoms with Crippen LogP contribution in [0.5, 0.6) is 0 Å². The highest BCUT2D eigenvalue weighted by Crippen LogP contribution is 2.03. The fourth-order valence-electron chi connectivity index (χ4n) is 0.796. The number of nitrogens with one attached hydrogen (secondary N) is 1. The van der Waals surface area contributed by atoms with E-state index in [-0.39, 0.29) is 5.25 Å². The fraction of sp³-hybridized carbons (Fsp3) is 0.500. The summed E-state index contributed by atoms with van der Waals surface area (Å²) in [6.07, 6.45) is 2.78. The molecule has 0 aliphatic carbocycles. The molecule has 1 aromatic heterocycles. The lowest BCUT2D eigenvalue weighted by Crippen LogP contribution is -2.21. The van der Waals surface area contributed by atoms with Crippen LogP contribution in [0.4, 0.5) is 10.2 Å². The minimum atomic E-state index is -0.889. The highest BCUT2D eigenvalue weighted by Gasteiger charge is 2.06. The van der Waals surface area contributed by atoms with Crippen LogP contribution in [0.25, 0.3) is 0 Å². The van der Waals surface area contributed by atoms with E-state index in [1.54, 1.807) is 6.26 Å². The highest BCUT2D eigenvalue weighted by atomic mass is 32.2. The van der Waals surface area contributed by atoms with Crippen molar-refractivity contribution in [2.24, 2.45) is 0 Å². The monoisotopic (exact) mass is 217 g/mol. The van der Waals surface area contributed by atoms with Gasteiger partial charge in [-0.25, -0.2) is 9.97 Å². The van der Waals surface area contributed by atoms with Gasteiger partial charge >= 0.3 is 0 Å². The van der Waals surface area contributed by atoms with Crippen molar-refractivity contribution in [3.05, 3.63) is 18.3 Å². The molecule has 0 aromatic carbocycles. The van der Waals surface area contributed by atoms with Crippen molar-refractivity contribution in [2.45, 2.75) is 12.2 Å². The minimum absolute atomic E-state index is 0.00743. The summed E-state index contributed by atoms with van der Waals surface area (Å²) in [7, 11) is -0.889. The molecular weight excluding hydrogens is 205 g/mol. The maximum absolute atomic E-state index is 12.6. The first-order chi connectivity index (χ1) is 6.59. The third kappa shape index (κ3) is 3.37. The Morgan fingerprint density at radius 2 is 2.36 bits per heavy atom. The van der Waals surface area contributed by atoms with Gasteiger partial charge in [0.15, 0.2) is 0 Å². The molecule has 1 heterocycles. The number of aromatic nitrogens is 2. The van der Waals surface area contributed by atoms with Gasteiger partial charge < -0.3 is 5.32 Å². The van der Waals surface area contributed by atoms with Gasteiger partial charge in [-0.3, -0.25) is 4.21 Å². The lowest BCUT2D eigenvalue weighted by molar-refractivity contribution is 0.580. The molecule has 0 amide bonds. The van der Waals surface area contributed by atoms with Crippen molar-refractivity contribution in [3.63, 3.8) is 0 Å². The van der Waals surface area contributed by atoms with Gasteiger partial charge in [0.2, 0.25) is 5.95 Å². The first-order valence-electron chi connectivity index (χ1n) is 4.13. The molecule has 14 heavy (non-hydrogen) atoms. The molecule has 4 nitrogen and oxygen atoms in total. The van der Waals surface area contributed by atoms with Crippen molar-refractivity contribution in [1.82, 2.24) is 9.97 Å². The van der Waals surface area contributed by atoms with Crippen LogP contribution in [0, 0.1) is 5.95 Å². The largest absolute Gasteiger partial charge is 0.369 e. The molecule has 0 spiro atoms. The summed E-state index contributed by atoms with van der Waals surface area (Å²) in [4.78, 5) is 7.13. The molecule has 2 unspecified atom stereocenters. The van der Waals surface area contributed by atoms with Crippen LogP contribution in [-0.4, -0.2) is 32.2 Å². The van der Waals surface area contributed by atoms with Crippen molar-refractivity contribution >= 4 is 16.6 Å². The van der Waals surface area contributed by atoms with Crippen molar-refractivity contribution < 1.29 is 8.60 Å². The van der Waals surface area contributed by atoms with Crippen LogP contribution in [0.1, 0.15) is 6.92 Å². The Labute approximate surface area is 84.4 Å². The molecule has 0 saturated heterocycles. The van der Waals surface area contributed by atoms with Gasteiger partial charge in [-0.05, 0) is 6.92 Å². The molecule has 0 bridgehead atoms. The third-order valence-electron chi connectivity index (χ3n) is 1.77. The second kappa shape index (κ2) is 4.99. The van der Waals surface area contributed by atoms with Gasteiger partial charge in [-0.1, -0.05) is 0 Å². The molecule has 0 saturated carbocycles. The summed E-state index contributed by atoms with van der Waals surface area (Å²) in [5, 5.41) is 2.89. The van der Waals surface area contributed by atoms with Gasteiger partial charge in [0, 0.05) is 34.9 Å². The maximum atomic E-state index is 12.6. The summed E-state index contributed by atoms with van der Waals surface area (Å²) < 4.78 is 23.6. The average Bonchev–Trinajstić information content (AvgIpc) is 2.14. The molecule has 1 aromatic rings. The third-order valence-corrected chi connectivity index (χ3v) is 3.07. The molecule has 0 aliphatic heterocycles. The first kappa shape index (κ1) is 11.0. The van der Waals surface area contributed by atoms with E-state index in [2.05, 4.69) is 15.3 Å². The zero-order chi connectivity index (χ0) is 10.6. The SMILES string of the molecule is CC(CNc1cc(F)ncn1)S(C)=O. The normalized spacial score (nSPS) is 14.8. The van der Waals surface area contributed by atoms with Crippen LogP contribution >= 0.6 is 0 Å². The quantitative estimate of drug-likeness (QED) is 0.758. The van der Waals surface area contributed by atoms with E-state index >= 15 is 0 Å². The van der Waals surface area contributed by atoms with Crippen LogP contribution < -0.4 is 5.32 Å². The Balaban J connectivity index is 2.49. The van der Waals surface area contributed by atoms with E-state index in [1.165, 1.54) is 6.07 Å². The second-order valence-electron chi connectivity index (χ2n) is 2.92. The molecule has 1 N–H and O–H groups in total. The van der Waals surface area contributed by atoms with Gasteiger partial charge in [-0.15, -0.1) is 0 Å². The molecule has 1 rings (SSSR count). The standard InChI is InChI=1S/C8H12FN3OS/c1-6(14(2)13)4-10-8-3-7(9)11-5-12-8/h3,5-6H,4H2,1-2H3,(H,10,11,12). The Bertz CT molecular complexity index is 334. The van der Waals surface area contributed by atoms with Crippen molar-refractivity contribution in [2.75, 3.05) is 18.1 Å². The predicted octanol–water partition coefficient (Wildman–Crippen LogP) is 0.795. The summed E-state index contributed by atoms with van der Waals surface area (Å²) in [6.45, 7) is 2.35. The number of anilines is 1. The van der Waals surface area contributed by atoms with E-state index < -0.39 is 16.7 Å². The number of hydrogen-bond donors (Lipinski definition) is 1. The molecule has 0 radical (unpaired) electrons. The van der Waals surface area contributed by atoms with Gasteiger partial charge in [0.05, 0.1) is 0 Å². The van der Waals surface area contributed by atoms with Crippen LogP contribution in [0.2, 0.25) is 0 Å². The molecule has 0 aliphatic rings. The van der Waals surface area contributed by atoms with E-state index in [1.807, 2.05) is 6.92 Å². The Hall–Kier alpha value is -1.04. The van der Waals surface area contributed by atoms with E-state index in [9.17, 15) is 8.60 Å². The highest BCUT2D eigenvalue weighted by molar-refractivity contribution is 7.84. The number of rotatable bonds is 4. The topological polar surface area (TPSA) is 54.9 Å². The lowest BCUT2D eigenvalue weighted by Gasteiger charge is -2.09. The minimum Gasteiger partial charge on any atom is -0.369 e. The zero-order valence-corrected chi connectivity index (χ0v) is 8.84. The smallest absolute Gasteiger partial charge is 0.217 e. The van der Waals surface area contributed by atoms with Crippen LogP contribution in [-0.2, 0) is 10.8 Å². The van der Waals surface area contributed by atoms with Crippen molar-refractivity contribution in [3.8, 4) is 0 Å². The van der Waals surface area contributed by atoms with Crippen LogP contribution in [0.3, 0.4) is 0 Å². The van der Waals surface area contributed by atoms with Gasteiger partial charge in [-0.2, -0.15) is 4.39 Å². The summed E-state index contributed by atoms with van der Waals surface area (Å²) in [6, 6.07) is 1.20. The molecule has 6 heteroatoms. The summed E-state index contributed by atoms with van der Waals surface area (Å²) >= 11 is 0. The maximum Gasteiger partial charge on any atom is 0.217 e. The zero-order valence-electron chi connectivity index (χ0n) is 8.03. The van der Waals surface area contributed by atoms with Gasteiger partial charge in [0.25, 0.3) is 0 Å². The average molecular weight is 217 g/mol. The van der Waals surface area contributed by atoms with E-state index in [4.69, 9.17) is 0 Å². The lowest BCUT2D eigenvalue weighted by atomic mass is 10.4. The Kier molecular flexibility index (Phi) is 3.94. The predicted molar refractivity (Wildman–Crippen MR) is 54.0 cm³/mol. The first-order valence-corrected chi connectivity index (χ1v) is 5.75. The summed E-state index contributed by atoms with van der Waals surface area (Å²) in [5.74, 6) is -0.164. The second-order valence-corrected chi connectivity index (χ2v) is 4.72. The number of halogens is 1. The number of nitrogens with zero attached hydrogens (tertiary/aromatic N) is 2. The molecule has 78 valence electrons. The number of hydrogen-bond acceptors (Lipinski definition) is 4. The Morgan fingerprint density at radius 3 is 2.93 bits per heavy atom. The van der Waals surface area contributed by atoms with Crippen LogP contribution in [0.15, 0.2) is 12.4 Å². The molecule has 0 fully saturated rings. The van der Waals surface area contributed by atoms with E-state index in [0.29, 0.717) is 12.4 Å². The molecule has 2 atom stereocenters.